The van der Waals surface area contributed by atoms with Crippen molar-refractivity contribution in [1.29, 1.82) is 0 Å². The molecule has 1 heterocycles. The van der Waals surface area contributed by atoms with Crippen LogP contribution in [-0.2, 0) is 24.2 Å². The van der Waals surface area contributed by atoms with Crippen LogP contribution in [-0.4, -0.2) is 35.5 Å². The number of fused-ring (bicyclic) bond motifs is 1. The number of hydrogen-bond acceptors (Lipinski definition) is 3. The van der Waals surface area contributed by atoms with E-state index in [9.17, 15) is 9.59 Å². The van der Waals surface area contributed by atoms with E-state index in [4.69, 9.17) is 9.84 Å². The Morgan fingerprint density at radius 1 is 1.12 bits per heavy atom. The monoisotopic (exact) mass is 325 g/mol. The van der Waals surface area contributed by atoms with Gasteiger partial charge in [-0.2, -0.15) is 0 Å². The summed E-state index contributed by atoms with van der Waals surface area (Å²) in [6, 6.07) is 12.5. The van der Waals surface area contributed by atoms with Crippen molar-refractivity contribution in [1.82, 2.24) is 4.90 Å². The molecule has 0 aromatic heterocycles. The molecule has 2 aromatic rings. The van der Waals surface area contributed by atoms with Crippen molar-refractivity contribution in [2.24, 2.45) is 0 Å². The zero-order valence-electron chi connectivity index (χ0n) is 13.5. The van der Waals surface area contributed by atoms with Gasteiger partial charge in [0.25, 0.3) is 0 Å². The van der Waals surface area contributed by atoms with E-state index in [1.807, 2.05) is 18.2 Å². The van der Waals surface area contributed by atoms with E-state index in [0.717, 1.165) is 28.9 Å². The summed E-state index contributed by atoms with van der Waals surface area (Å²) in [5, 5.41) is 8.90. The zero-order valence-corrected chi connectivity index (χ0v) is 13.5. The number of carbonyl (C=O) groups excluding carboxylic acids is 1. The van der Waals surface area contributed by atoms with Crippen LogP contribution in [0.25, 0.3) is 0 Å². The molecule has 0 bridgehead atoms. The molecule has 0 aliphatic carbocycles. The van der Waals surface area contributed by atoms with Crippen LogP contribution in [0.15, 0.2) is 42.5 Å². The molecule has 5 heteroatoms. The molecule has 0 saturated heterocycles. The lowest BCUT2D eigenvalue weighted by Gasteiger charge is -2.17. The predicted molar refractivity (Wildman–Crippen MR) is 89.2 cm³/mol. The highest BCUT2D eigenvalue weighted by Crippen LogP contribution is 2.26. The molecule has 0 saturated carbocycles. The van der Waals surface area contributed by atoms with Crippen molar-refractivity contribution in [3.8, 4) is 5.75 Å². The SMILES string of the molecule is CN(Cc1ccc(C(=O)O)cc1)C(=O)Cc1ccc2c(c1)CCO2. The smallest absolute Gasteiger partial charge is 0.335 e. The molecule has 0 fully saturated rings. The Balaban J connectivity index is 1.61. The highest BCUT2D eigenvalue weighted by Gasteiger charge is 2.15. The average Bonchev–Trinajstić information content (AvgIpc) is 3.03. The minimum absolute atomic E-state index is 0.0242. The fourth-order valence-electron chi connectivity index (χ4n) is 2.77. The Hall–Kier alpha value is -2.82. The van der Waals surface area contributed by atoms with Crippen molar-refractivity contribution in [2.75, 3.05) is 13.7 Å². The van der Waals surface area contributed by atoms with E-state index < -0.39 is 5.97 Å². The Bertz CT molecular complexity index is 767. The number of ether oxygens (including phenoxy) is 1. The number of carboxylic acid groups (broad SMARTS) is 1. The van der Waals surface area contributed by atoms with Gasteiger partial charge in [-0.3, -0.25) is 4.79 Å². The summed E-state index contributed by atoms with van der Waals surface area (Å²) in [5.41, 5.74) is 3.29. The maximum absolute atomic E-state index is 12.4. The summed E-state index contributed by atoms with van der Waals surface area (Å²) >= 11 is 0. The number of rotatable bonds is 5. The van der Waals surface area contributed by atoms with Gasteiger partial charge in [0.1, 0.15) is 5.75 Å². The van der Waals surface area contributed by atoms with Crippen LogP contribution in [0.1, 0.15) is 27.0 Å². The van der Waals surface area contributed by atoms with Crippen molar-refractivity contribution in [3.05, 3.63) is 64.7 Å². The molecule has 3 rings (SSSR count). The maximum Gasteiger partial charge on any atom is 0.335 e. The van der Waals surface area contributed by atoms with Gasteiger partial charge in [0.05, 0.1) is 18.6 Å². The lowest BCUT2D eigenvalue weighted by Crippen LogP contribution is -2.27. The predicted octanol–water partition coefficient (Wildman–Crippen LogP) is 2.52. The molecule has 1 amide bonds. The second kappa shape index (κ2) is 6.74. The first kappa shape index (κ1) is 16.1. The normalized spacial score (nSPS) is 12.4. The fourth-order valence-corrected chi connectivity index (χ4v) is 2.77. The van der Waals surface area contributed by atoms with Crippen molar-refractivity contribution in [3.63, 3.8) is 0 Å². The van der Waals surface area contributed by atoms with Gasteiger partial charge in [0, 0.05) is 20.0 Å². The quantitative estimate of drug-likeness (QED) is 0.917. The van der Waals surface area contributed by atoms with E-state index >= 15 is 0 Å². The molecule has 1 aliphatic rings. The molecular formula is C19H19NO4. The summed E-state index contributed by atoms with van der Waals surface area (Å²) in [4.78, 5) is 24.9. The summed E-state index contributed by atoms with van der Waals surface area (Å²) in [6.07, 6.45) is 1.24. The van der Waals surface area contributed by atoms with Gasteiger partial charge in [-0.1, -0.05) is 24.3 Å². The molecular weight excluding hydrogens is 306 g/mol. The number of carboxylic acids is 1. The van der Waals surface area contributed by atoms with Gasteiger partial charge in [0.2, 0.25) is 5.91 Å². The van der Waals surface area contributed by atoms with E-state index in [2.05, 4.69) is 0 Å². The van der Waals surface area contributed by atoms with Crippen LogP contribution in [0.5, 0.6) is 5.75 Å². The van der Waals surface area contributed by atoms with Crippen molar-refractivity contribution < 1.29 is 19.4 Å². The number of likely N-dealkylation sites (N-methyl/N-ethyl adjacent to an activating group) is 1. The molecule has 0 spiro atoms. The molecule has 1 aliphatic heterocycles. The fraction of sp³-hybridized carbons (Fsp3) is 0.263. The van der Waals surface area contributed by atoms with Crippen LogP contribution in [0, 0.1) is 0 Å². The van der Waals surface area contributed by atoms with E-state index in [0.29, 0.717) is 19.6 Å². The second-order valence-corrected chi connectivity index (χ2v) is 5.97. The Morgan fingerprint density at radius 2 is 1.83 bits per heavy atom. The standard InChI is InChI=1S/C19H19NO4/c1-20(12-13-2-5-15(6-3-13)19(22)23)18(21)11-14-4-7-17-16(10-14)8-9-24-17/h2-7,10H,8-9,11-12H2,1H3,(H,22,23). The maximum atomic E-state index is 12.4. The molecule has 0 radical (unpaired) electrons. The largest absolute Gasteiger partial charge is 0.493 e. The molecule has 124 valence electrons. The van der Waals surface area contributed by atoms with Crippen LogP contribution >= 0.6 is 0 Å². The Morgan fingerprint density at radius 3 is 2.54 bits per heavy atom. The van der Waals surface area contributed by atoms with Gasteiger partial charge in [-0.05, 0) is 34.9 Å². The van der Waals surface area contributed by atoms with Gasteiger partial charge < -0.3 is 14.7 Å². The lowest BCUT2D eigenvalue weighted by atomic mass is 10.1. The number of amides is 1. The van der Waals surface area contributed by atoms with Crippen LogP contribution in [0.3, 0.4) is 0 Å². The third kappa shape index (κ3) is 3.56. The number of benzene rings is 2. The molecule has 5 nitrogen and oxygen atoms in total. The van der Waals surface area contributed by atoms with Crippen LogP contribution in [0.4, 0.5) is 0 Å². The van der Waals surface area contributed by atoms with Crippen LogP contribution in [0.2, 0.25) is 0 Å². The third-order valence-corrected chi connectivity index (χ3v) is 4.16. The van der Waals surface area contributed by atoms with E-state index in [1.54, 1.807) is 36.2 Å². The number of carbonyl (C=O) groups is 2. The van der Waals surface area contributed by atoms with Gasteiger partial charge in [-0.25, -0.2) is 4.79 Å². The highest BCUT2D eigenvalue weighted by atomic mass is 16.5. The minimum Gasteiger partial charge on any atom is -0.493 e. The Labute approximate surface area is 140 Å². The highest BCUT2D eigenvalue weighted by molar-refractivity contribution is 5.87. The van der Waals surface area contributed by atoms with Gasteiger partial charge in [-0.15, -0.1) is 0 Å². The first-order valence-electron chi connectivity index (χ1n) is 7.84. The first-order valence-corrected chi connectivity index (χ1v) is 7.84. The van der Waals surface area contributed by atoms with E-state index in [-0.39, 0.29) is 11.5 Å². The first-order chi connectivity index (χ1) is 11.5. The van der Waals surface area contributed by atoms with Crippen molar-refractivity contribution >= 4 is 11.9 Å². The number of nitrogens with zero attached hydrogens (tertiary/aromatic N) is 1. The summed E-state index contributed by atoms with van der Waals surface area (Å²) in [7, 11) is 1.75. The second-order valence-electron chi connectivity index (χ2n) is 5.97. The van der Waals surface area contributed by atoms with Crippen LogP contribution < -0.4 is 4.74 Å². The van der Waals surface area contributed by atoms with Crippen molar-refractivity contribution in [2.45, 2.75) is 19.4 Å². The molecule has 0 atom stereocenters. The summed E-state index contributed by atoms with van der Waals surface area (Å²) in [6.45, 7) is 1.16. The number of hydrogen-bond donors (Lipinski definition) is 1. The summed E-state index contributed by atoms with van der Waals surface area (Å²) in [5.74, 6) is -0.0131. The average molecular weight is 325 g/mol. The minimum atomic E-state index is -0.952. The molecule has 1 N–H and O–H groups in total. The number of aromatic carboxylic acids is 1. The third-order valence-electron chi connectivity index (χ3n) is 4.16. The Kier molecular flexibility index (Phi) is 4.51. The zero-order chi connectivity index (χ0) is 17.1. The molecule has 24 heavy (non-hydrogen) atoms. The molecule has 0 unspecified atom stereocenters. The van der Waals surface area contributed by atoms with E-state index in [1.165, 1.54) is 0 Å². The lowest BCUT2D eigenvalue weighted by molar-refractivity contribution is -0.129. The topological polar surface area (TPSA) is 66.8 Å². The molecule has 2 aromatic carbocycles. The summed E-state index contributed by atoms with van der Waals surface area (Å²) < 4.78 is 5.47. The van der Waals surface area contributed by atoms with Gasteiger partial charge in [0.15, 0.2) is 0 Å². The van der Waals surface area contributed by atoms with Gasteiger partial charge >= 0.3 is 5.97 Å².